The van der Waals surface area contributed by atoms with E-state index in [1.54, 1.807) is 42.2 Å². The predicted octanol–water partition coefficient (Wildman–Crippen LogP) is 2.99. The first kappa shape index (κ1) is 13.0. The van der Waals surface area contributed by atoms with E-state index < -0.39 is 0 Å². The lowest BCUT2D eigenvalue weighted by molar-refractivity contribution is 0.262. The van der Waals surface area contributed by atoms with Crippen molar-refractivity contribution in [1.29, 1.82) is 0 Å². The third kappa shape index (κ3) is 2.79. The Labute approximate surface area is 121 Å². The molecule has 0 saturated carbocycles. The van der Waals surface area contributed by atoms with Crippen LogP contribution in [0.15, 0.2) is 54.9 Å². The van der Waals surface area contributed by atoms with Crippen molar-refractivity contribution in [3.63, 3.8) is 0 Å². The number of aromatic nitrogens is 2. The van der Waals surface area contributed by atoms with Gasteiger partial charge in [0.1, 0.15) is 5.75 Å². The lowest BCUT2D eigenvalue weighted by Gasteiger charge is -2.11. The summed E-state index contributed by atoms with van der Waals surface area (Å²) >= 11 is 0. The normalized spacial score (nSPS) is 10.3. The SMILES string of the molecule is COc1ccccc1NC(=O)Nc1ccn2nccc2c1. The molecule has 2 N–H and O–H groups in total. The van der Waals surface area contributed by atoms with Gasteiger partial charge in [0.2, 0.25) is 0 Å². The van der Waals surface area contributed by atoms with Gasteiger partial charge in [-0.3, -0.25) is 0 Å². The molecule has 0 aliphatic heterocycles. The van der Waals surface area contributed by atoms with Gasteiger partial charge >= 0.3 is 6.03 Å². The summed E-state index contributed by atoms with van der Waals surface area (Å²) in [5, 5.41) is 9.63. The van der Waals surface area contributed by atoms with E-state index in [2.05, 4.69) is 15.7 Å². The molecule has 6 heteroatoms. The fourth-order valence-electron chi connectivity index (χ4n) is 2.03. The van der Waals surface area contributed by atoms with Gasteiger partial charge in [0.25, 0.3) is 0 Å². The van der Waals surface area contributed by atoms with E-state index in [-0.39, 0.29) is 6.03 Å². The van der Waals surface area contributed by atoms with Gasteiger partial charge in [0, 0.05) is 18.1 Å². The van der Waals surface area contributed by atoms with Gasteiger partial charge in [-0.1, -0.05) is 12.1 Å². The summed E-state index contributed by atoms with van der Waals surface area (Å²) in [7, 11) is 1.56. The van der Waals surface area contributed by atoms with Crippen LogP contribution in [0.2, 0.25) is 0 Å². The number of rotatable bonds is 3. The van der Waals surface area contributed by atoms with E-state index in [0.717, 1.165) is 5.52 Å². The number of ether oxygens (including phenoxy) is 1. The number of nitrogens with zero attached hydrogens (tertiary/aromatic N) is 2. The van der Waals surface area contributed by atoms with E-state index in [4.69, 9.17) is 4.74 Å². The smallest absolute Gasteiger partial charge is 0.323 e. The first-order valence-electron chi connectivity index (χ1n) is 6.41. The molecule has 3 rings (SSSR count). The summed E-state index contributed by atoms with van der Waals surface area (Å²) in [6.45, 7) is 0. The number of nitrogens with one attached hydrogen (secondary N) is 2. The number of fused-ring (bicyclic) bond motifs is 1. The Morgan fingerprint density at radius 3 is 2.90 bits per heavy atom. The molecule has 0 aliphatic carbocycles. The second kappa shape index (κ2) is 5.54. The van der Waals surface area contributed by atoms with E-state index in [1.807, 2.05) is 24.3 Å². The number of para-hydroxylation sites is 2. The number of carbonyl (C=O) groups is 1. The maximum Gasteiger partial charge on any atom is 0.323 e. The number of urea groups is 1. The zero-order valence-corrected chi connectivity index (χ0v) is 11.4. The quantitative estimate of drug-likeness (QED) is 0.776. The van der Waals surface area contributed by atoms with Crippen molar-refractivity contribution in [1.82, 2.24) is 9.61 Å². The van der Waals surface area contributed by atoms with Crippen LogP contribution in [-0.2, 0) is 0 Å². The molecule has 0 spiro atoms. The van der Waals surface area contributed by atoms with Gasteiger partial charge in [0.15, 0.2) is 0 Å². The number of amides is 2. The molecule has 2 heterocycles. The van der Waals surface area contributed by atoms with E-state index in [0.29, 0.717) is 17.1 Å². The van der Waals surface area contributed by atoms with E-state index in [9.17, 15) is 4.79 Å². The maximum absolute atomic E-state index is 12.0. The monoisotopic (exact) mass is 282 g/mol. The Bertz CT molecular complexity index is 782. The second-order valence-corrected chi connectivity index (χ2v) is 4.40. The van der Waals surface area contributed by atoms with E-state index >= 15 is 0 Å². The average molecular weight is 282 g/mol. The van der Waals surface area contributed by atoms with Crippen molar-refractivity contribution >= 4 is 22.9 Å². The third-order valence-electron chi connectivity index (χ3n) is 3.01. The highest BCUT2D eigenvalue weighted by Gasteiger charge is 2.07. The number of benzene rings is 1. The summed E-state index contributed by atoms with van der Waals surface area (Å²) in [6.07, 6.45) is 3.49. The van der Waals surface area contributed by atoms with Crippen LogP contribution in [-0.4, -0.2) is 22.8 Å². The lowest BCUT2D eigenvalue weighted by Crippen LogP contribution is -2.19. The van der Waals surface area contributed by atoms with Gasteiger partial charge in [-0.15, -0.1) is 0 Å². The predicted molar refractivity (Wildman–Crippen MR) is 80.8 cm³/mol. The molecule has 1 aromatic carbocycles. The largest absolute Gasteiger partial charge is 0.495 e. The highest BCUT2D eigenvalue weighted by atomic mass is 16.5. The van der Waals surface area contributed by atoms with Crippen LogP contribution in [0.3, 0.4) is 0 Å². The van der Waals surface area contributed by atoms with Crippen molar-refractivity contribution in [3.8, 4) is 5.75 Å². The number of methoxy groups -OCH3 is 1. The third-order valence-corrected chi connectivity index (χ3v) is 3.01. The first-order chi connectivity index (χ1) is 10.3. The van der Waals surface area contributed by atoms with Crippen molar-refractivity contribution < 1.29 is 9.53 Å². The Kier molecular flexibility index (Phi) is 3.42. The van der Waals surface area contributed by atoms with Gasteiger partial charge < -0.3 is 15.4 Å². The Morgan fingerprint density at radius 2 is 2.05 bits per heavy atom. The Morgan fingerprint density at radius 1 is 1.19 bits per heavy atom. The molecule has 0 unspecified atom stereocenters. The minimum Gasteiger partial charge on any atom is -0.495 e. The molecular weight excluding hydrogens is 268 g/mol. The molecule has 21 heavy (non-hydrogen) atoms. The van der Waals surface area contributed by atoms with E-state index in [1.165, 1.54) is 0 Å². The number of carbonyl (C=O) groups excluding carboxylic acids is 1. The summed E-state index contributed by atoms with van der Waals surface area (Å²) in [6, 6.07) is 12.4. The molecule has 0 aliphatic rings. The van der Waals surface area contributed by atoms with Gasteiger partial charge in [0.05, 0.1) is 18.3 Å². The van der Waals surface area contributed by atoms with Crippen LogP contribution in [0, 0.1) is 0 Å². The zero-order chi connectivity index (χ0) is 14.7. The molecule has 6 nitrogen and oxygen atoms in total. The van der Waals surface area contributed by atoms with Crippen LogP contribution >= 0.6 is 0 Å². The number of anilines is 2. The number of pyridine rings is 1. The molecule has 0 saturated heterocycles. The van der Waals surface area contributed by atoms with Gasteiger partial charge in [-0.2, -0.15) is 5.10 Å². The number of hydrogen-bond donors (Lipinski definition) is 2. The highest BCUT2D eigenvalue weighted by Crippen LogP contribution is 2.23. The Balaban J connectivity index is 1.73. The molecule has 3 aromatic rings. The fourth-order valence-corrected chi connectivity index (χ4v) is 2.03. The average Bonchev–Trinajstić information content (AvgIpc) is 2.95. The van der Waals surface area contributed by atoms with Crippen LogP contribution in [0.5, 0.6) is 5.75 Å². The molecular formula is C15H14N4O2. The summed E-state index contributed by atoms with van der Waals surface area (Å²) in [5.41, 5.74) is 2.21. The highest BCUT2D eigenvalue weighted by molar-refractivity contribution is 6.00. The molecule has 0 atom stereocenters. The molecule has 0 fully saturated rings. The molecule has 0 bridgehead atoms. The van der Waals surface area contributed by atoms with Crippen molar-refractivity contribution in [2.75, 3.05) is 17.7 Å². The van der Waals surface area contributed by atoms with Crippen LogP contribution < -0.4 is 15.4 Å². The summed E-state index contributed by atoms with van der Waals surface area (Å²) in [5.74, 6) is 0.610. The first-order valence-corrected chi connectivity index (χ1v) is 6.41. The van der Waals surface area contributed by atoms with Crippen molar-refractivity contribution in [3.05, 3.63) is 54.9 Å². The standard InChI is InChI=1S/C15H14N4O2/c1-21-14-5-3-2-4-13(14)18-15(20)17-11-7-9-19-12(10-11)6-8-16-19/h2-10H,1H3,(H2,17,18,20). The number of hydrogen-bond acceptors (Lipinski definition) is 3. The maximum atomic E-state index is 12.0. The van der Waals surface area contributed by atoms with Crippen LogP contribution in [0.1, 0.15) is 0 Å². The lowest BCUT2D eigenvalue weighted by atomic mass is 10.3. The van der Waals surface area contributed by atoms with Crippen LogP contribution in [0.25, 0.3) is 5.52 Å². The molecule has 2 aromatic heterocycles. The second-order valence-electron chi connectivity index (χ2n) is 4.40. The molecule has 106 valence electrons. The van der Waals surface area contributed by atoms with Crippen molar-refractivity contribution in [2.24, 2.45) is 0 Å². The van der Waals surface area contributed by atoms with Gasteiger partial charge in [-0.05, 0) is 30.3 Å². The van der Waals surface area contributed by atoms with Crippen molar-refractivity contribution in [2.45, 2.75) is 0 Å². The molecule has 2 amide bonds. The fraction of sp³-hybridized carbons (Fsp3) is 0.0667. The zero-order valence-electron chi connectivity index (χ0n) is 11.4. The minimum atomic E-state index is -0.330. The Hall–Kier alpha value is -3.02. The van der Waals surface area contributed by atoms with Crippen LogP contribution in [0.4, 0.5) is 16.2 Å². The minimum absolute atomic E-state index is 0.330. The molecule has 0 radical (unpaired) electrons. The summed E-state index contributed by atoms with van der Waals surface area (Å²) in [4.78, 5) is 12.0. The topological polar surface area (TPSA) is 67.7 Å². The van der Waals surface area contributed by atoms with Gasteiger partial charge in [-0.25, -0.2) is 9.31 Å². The summed E-state index contributed by atoms with van der Waals surface area (Å²) < 4.78 is 6.92.